The van der Waals surface area contributed by atoms with E-state index in [-0.39, 0.29) is 53.2 Å². The van der Waals surface area contributed by atoms with E-state index < -0.39 is 41.6 Å². The van der Waals surface area contributed by atoms with Crippen LogP contribution in [0.2, 0.25) is 0 Å². The number of aromatic hydroxyl groups is 1. The third-order valence-electron chi connectivity index (χ3n) is 12.1. The fraction of sp³-hybridized carbons (Fsp3) is 0.447. The number of phenolic OH excluding ortho intramolecular Hbond substituents is 1. The molecule has 0 bridgehead atoms. The van der Waals surface area contributed by atoms with Gasteiger partial charge in [-0.05, 0) is 113 Å². The lowest BCUT2D eigenvalue weighted by molar-refractivity contribution is -0.136. The number of ether oxygens (including phenoxy) is 2. The Labute approximate surface area is 375 Å². The smallest absolute Gasteiger partial charge is 0.262 e. The van der Waals surface area contributed by atoms with E-state index in [0.29, 0.717) is 33.9 Å². The van der Waals surface area contributed by atoms with Crippen molar-refractivity contribution in [3.05, 3.63) is 88.5 Å². The van der Waals surface area contributed by atoms with Gasteiger partial charge in [0, 0.05) is 68.1 Å². The van der Waals surface area contributed by atoms with Crippen LogP contribution in [0.3, 0.4) is 0 Å². The van der Waals surface area contributed by atoms with Crippen LogP contribution >= 0.6 is 8.86 Å². The second-order valence-electron chi connectivity index (χ2n) is 17.8. The first-order chi connectivity index (χ1) is 30.3. The predicted molar refractivity (Wildman–Crippen MR) is 242 cm³/mol. The number of rotatable bonds is 9. The van der Waals surface area contributed by atoms with Gasteiger partial charge in [-0.3, -0.25) is 53.6 Å². The number of aldehydes is 1. The minimum Gasteiger partial charge on any atom is -0.508 e. The van der Waals surface area contributed by atoms with Crippen LogP contribution in [0, 0.1) is 5.92 Å². The first kappa shape index (κ1) is 47.5. The van der Waals surface area contributed by atoms with E-state index in [0.717, 1.165) is 62.3 Å². The number of hydrogen-bond donors (Lipinski definition) is 3. The van der Waals surface area contributed by atoms with Crippen molar-refractivity contribution >= 4 is 61.7 Å². The molecule has 0 spiro atoms. The van der Waals surface area contributed by atoms with Crippen molar-refractivity contribution in [1.82, 2.24) is 20.0 Å². The van der Waals surface area contributed by atoms with E-state index in [9.17, 15) is 38.7 Å². The van der Waals surface area contributed by atoms with Crippen molar-refractivity contribution in [2.45, 2.75) is 96.6 Å². The summed E-state index contributed by atoms with van der Waals surface area (Å²) >= 11 is 0. The number of anilines is 1. The second-order valence-corrected chi connectivity index (χ2v) is 18.2. The monoisotopic (exact) mass is 896 g/mol. The van der Waals surface area contributed by atoms with Gasteiger partial charge in [0.15, 0.2) is 0 Å². The molecule has 3 aromatic carbocycles. The first-order valence-corrected chi connectivity index (χ1v) is 22.0. The molecule has 0 aromatic heterocycles. The maximum absolute atomic E-state index is 13.1. The molecule has 1 saturated carbocycles. The normalized spacial score (nSPS) is 21.4. The Morgan fingerprint density at radius 3 is 2.08 bits per heavy atom. The molecular weight excluding hydrogens is 840 g/mol. The topological polar surface area (TPSA) is 209 Å². The van der Waals surface area contributed by atoms with E-state index in [1.54, 1.807) is 25.3 Å². The van der Waals surface area contributed by atoms with Gasteiger partial charge in [-0.25, -0.2) is 0 Å². The van der Waals surface area contributed by atoms with Gasteiger partial charge in [0.2, 0.25) is 17.7 Å². The van der Waals surface area contributed by atoms with Crippen LogP contribution in [0.4, 0.5) is 5.69 Å². The number of fused-ring (bicyclic) bond motifs is 2. The number of nitrogens with two attached hydrogens (primary N) is 1. The van der Waals surface area contributed by atoms with Gasteiger partial charge >= 0.3 is 0 Å². The molecule has 5 aliphatic rings. The average Bonchev–Trinajstić information content (AvgIpc) is 3.90. The zero-order valence-electron chi connectivity index (χ0n) is 37.1. The van der Waals surface area contributed by atoms with Gasteiger partial charge < -0.3 is 25.2 Å². The van der Waals surface area contributed by atoms with Crippen molar-refractivity contribution in [3.8, 4) is 11.5 Å². The summed E-state index contributed by atoms with van der Waals surface area (Å²) in [4.78, 5) is 91.8. The Morgan fingerprint density at radius 1 is 0.859 bits per heavy atom. The van der Waals surface area contributed by atoms with E-state index in [4.69, 9.17) is 15.2 Å². The van der Waals surface area contributed by atoms with Gasteiger partial charge in [-0.15, -0.1) is 0 Å². The Bertz CT molecular complexity index is 2320. The Balaban J connectivity index is 0.000000226. The van der Waals surface area contributed by atoms with Crippen LogP contribution in [0.25, 0.3) is 0 Å². The highest BCUT2D eigenvalue weighted by molar-refractivity contribution is 7.22. The lowest BCUT2D eigenvalue weighted by atomic mass is 10.0. The Morgan fingerprint density at radius 2 is 1.48 bits per heavy atom. The lowest BCUT2D eigenvalue weighted by Crippen LogP contribution is -2.54. The van der Waals surface area contributed by atoms with Crippen LogP contribution in [-0.2, 0) is 19.1 Å². The number of carbonyl (C=O) groups is 7. The largest absolute Gasteiger partial charge is 0.508 e. The molecule has 64 heavy (non-hydrogen) atoms. The Hall–Kier alpha value is -5.96. The van der Waals surface area contributed by atoms with Crippen molar-refractivity contribution in [1.29, 1.82) is 0 Å². The predicted octanol–water partition coefficient (Wildman–Crippen LogP) is 4.43. The number of amides is 6. The van der Waals surface area contributed by atoms with Gasteiger partial charge in [0.05, 0.1) is 22.1 Å². The quantitative estimate of drug-likeness (QED) is 0.155. The molecule has 4 heterocycles. The number of imide groups is 2. The van der Waals surface area contributed by atoms with E-state index in [1.807, 2.05) is 58.9 Å². The molecule has 3 fully saturated rings. The molecule has 4 N–H and O–H groups in total. The number of piperazine rings is 1. The van der Waals surface area contributed by atoms with Crippen molar-refractivity contribution in [2.75, 3.05) is 38.2 Å². The third-order valence-corrected chi connectivity index (χ3v) is 12.6. The molecule has 4 aliphatic heterocycles. The van der Waals surface area contributed by atoms with Crippen molar-refractivity contribution < 1.29 is 48.1 Å². The molecule has 4 atom stereocenters. The summed E-state index contributed by atoms with van der Waals surface area (Å²) in [5.74, 6) is -2.44. The average molecular weight is 897 g/mol. The van der Waals surface area contributed by atoms with Gasteiger partial charge in [0.25, 0.3) is 17.7 Å². The molecule has 1 aliphatic carbocycles. The second kappa shape index (κ2) is 19.8. The molecule has 2 saturated heterocycles. The maximum Gasteiger partial charge on any atom is 0.262 e. The SMILES string of the molecule is CC(C)C(C(N)=O)N1C(=O)c2ccc(O)cc2C1=P.COC(C)(C)C.O=Cc1ccc(N2CCN(C3CCC(Oc4ccc5c(c4)C(=O)N(C4CCC(=O)NC4=O)C5=O)C3)CC2)cc1. The lowest BCUT2D eigenvalue weighted by Gasteiger charge is -2.39. The number of nitrogens with zero attached hydrogens (tertiary/aromatic N) is 4. The maximum atomic E-state index is 13.1. The van der Waals surface area contributed by atoms with E-state index in [2.05, 4.69) is 24.0 Å². The zero-order valence-corrected chi connectivity index (χ0v) is 38.1. The Kier molecular flexibility index (Phi) is 14.7. The van der Waals surface area contributed by atoms with Crippen molar-refractivity contribution in [2.24, 2.45) is 11.7 Å². The molecule has 8 rings (SSSR count). The molecular formula is C47H57N6O10P. The summed E-state index contributed by atoms with van der Waals surface area (Å²) in [5.41, 5.74) is 9.18. The van der Waals surface area contributed by atoms with Crippen LogP contribution in [0.5, 0.6) is 11.5 Å². The number of phenols is 1. The van der Waals surface area contributed by atoms with Gasteiger partial charge in [-0.2, -0.15) is 0 Å². The van der Waals surface area contributed by atoms with Crippen LogP contribution in [0.1, 0.15) is 114 Å². The summed E-state index contributed by atoms with van der Waals surface area (Å²) in [6, 6.07) is 15.8. The van der Waals surface area contributed by atoms with Crippen LogP contribution in [0.15, 0.2) is 60.7 Å². The van der Waals surface area contributed by atoms with Crippen molar-refractivity contribution in [3.63, 3.8) is 0 Å². The number of benzene rings is 3. The molecule has 0 radical (unpaired) electrons. The third kappa shape index (κ3) is 10.5. The summed E-state index contributed by atoms with van der Waals surface area (Å²) < 4.78 is 11.2. The number of primary amides is 1. The minimum atomic E-state index is -0.980. The summed E-state index contributed by atoms with van der Waals surface area (Å²) in [6.07, 6.45) is 3.92. The van der Waals surface area contributed by atoms with Crippen LogP contribution < -0.4 is 20.7 Å². The van der Waals surface area contributed by atoms with Crippen LogP contribution in [-0.4, -0.2) is 130 Å². The highest BCUT2D eigenvalue weighted by atomic mass is 31.0. The number of hydrogen-bond acceptors (Lipinski definition) is 12. The molecule has 3 aromatic rings. The fourth-order valence-electron chi connectivity index (χ4n) is 8.48. The zero-order chi connectivity index (χ0) is 46.6. The standard InChI is InChI=1S/C29H30N4O6.C13H15N2O3P.C5H12O/c34-17-18-1-3-19(4-2-18)31-11-13-32(14-12-31)20-5-6-21(15-20)39-22-7-8-23-24(16-22)29(38)33(28(23)37)25-9-10-26(35)30-27(25)36;1-6(2)10(11(14)17)15-12(18)8-4-3-7(16)5-9(8)13(15)19;1-5(2,3)6-4/h1-4,7-8,16-17,20-21,25H,5-6,9-15H2,(H,30,35,36);3-6,10,16,19H,1-2H3,(H2,14,17);1-4H3. The summed E-state index contributed by atoms with van der Waals surface area (Å²) in [7, 11) is 5.08. The fourth-order valence-corrected chi connectivity index (χ4v) is 8.92. The van der Waals surface area contributed by atoms with E-state index in [1.165, 1.54) is 23.1 Å². The molecule has 340 valence electrons. The molecule has 17 heteroatoms. The number of nitrogens with one attached hydrogen (secondary N) is 1. The summed E-state index contributed by atoms with van der Waals surface area (Å²) in [6.45, 7) is 13.5. The number of piperidine rings is 1. The van der Waals surface area contributed by atoms with Gasteiger partial charge in [0.1, 0.15) is 36.0 Å². The minimum absolute atomic E-state index is 0.0143. The number of carbonyl (C=O) groups excluding carboxylic acids is 7. The highest BCUT2D eigenvalue weighted by Gasteiger charge is 2.45. The number of methoxy groups -OCH3 is 1. The van der Waals surface area contributed by atoms with E-state index >= 15 is 0 Å². The first-order valence-electron chi connectivity index (χ1n) is 21.5. The molecule has 16 nitrogen and oxygen atoms in total. The highest BCUT2D eigenvalue weighted by Crippen LogP contribution is 2.34. The molecule has 4 unspecified atom stereocenters. The van der Waals surface area contributed by atoms with Gasteiger partial charge in [-0.1, -0.05) is 22.7 Å². The molecule has 6 amide bonds. The summed E-state index contributed by atoms with van der Waals surface area (Å²) in [5, 5.41) is 11.7.